The fraction of sp³-hybridized carbons (Fsp3) is 0.417. The molecule has 0 bridgehead atoms. The van der Waals surface area contributed by atoms with E-state index in [0.29, 0.717) is 10.7 Å². The largest absolute Gasteiger partial charge is 0.447 e. The van der Waals surface area contributed by atoms with Crippen molar-refractivity contribution in [2.75, 3.05) is 11.9 Å². The fourth-order valence-electron chi connectivity index (χ4n) is 1.18. The lowest BCUT2D eigenvalue weighted by Crippen LogP contribution is -2.39. The van der Waals surface area contributed by atoms with Crippen LogP contribution >= 0.6 is 11.6 Å². The molecule has 17 heavy (non-hydrogen) atoms. The maximum Gasteiger partial charge on any atom is 0.411 e. The van der Waals surface area contributed by atoms with E-state index in [1.54, 1.807) is 19.9 Å². The average Bonchev–Trinajstić information content (AvgIpc) is 2.20. The Bertz CT molecular complexity index is 393. The van der Waals surface area contributed by atoms with Crippen molar-refractivity contribution in [2.45, 2.75) is 26.3 Å². The first-order valence-corrected chi connectivity index (χ1v) is 5.65. The number of aryl methyl sites for hydroxylation is 1. The number of carbonyl (C=O) groups excluding carboxylic acids is 1. The summed E-state index contributed by atoms with van der Waals surface area (Å²) in [7, 11) is 0. The van der Waals surface area contributed by atoms with Crippen molar-refractivity contribution >= 4 is 23.4 Å². The smallest absolute Gasteiger partial charge is 0.411 e. The van der Waals surface area contributed by atoms with Gasteiger partial charge in [0.05, 0.1) is 10.7 Å². The Morgan fingerprint density at radius 3 is 2.71 bits per heavy atom. The normalized spacial score (nSPS) is 11.1. The zero-order valence-corrected chi connectivity index (χ0v) is 11.0. The number of benzene rings is 1. The van der Waals surface area contributed by atoms with Gasteiger partial charge in [0, 0.05) is 5.54 Å². The first-order chi connectivity index (χ1) is 7.79. The van der Waals surface area contributed by atoms with Gasteiger partial charge in [-0.15, -0.1) is 0 Å². The highest BCUT2D eigenvalue weighted by molar-refractivity contribution is 6.33. The molecular weight excluding hydrogens is 240 g/mol. The lowest BCUT2D eigenvalue weighted by molar-refractivity contribution is 0.138. The van der Waals surface area contributed by atoms with E-state index in [4.69, 9.17) is 22.1 Å². The molecule has 0 saturated heterocycles. The molecule has 0 aliphatic rings. The van der Waals surface area contributed by atoms with Crippen LogP contribution in [-0.2, 0) is 4.74 Å². The van der Waals surface area contributed by atoms with Gasteiger partial charge >= 0.3 is 6.09 Å². The molecule has 0 saturated carbocycles. The van der Waals surface area contributed by atoms with E-state index in [9.17, 15) is 4.79 Å². The molecule has 0 fully saturated rings. The highest BCUT2D eigenvalue weighted by atomic mass is 35.5. The van der Waals surface area contributed by atoms with Crippen LogP contribution in [0.5, 0.6) is 0 Å². The van der Waals surface area contributed by atoms with Gasteiger partial charge in [-0.05, 0) is 32.4 Å². The van der Waals surface area contributed by atoms with Crippen LogP contribution in [0.25, 0.3) is 0 Å². The van der Waals surface area contributed by atoms with Gasteiger partial charge in [-0.2, -0.15) is 0 Å². The van der Waals surface area contributed by atoms with Gasteiger partial charge in [-0.1, -0.05) is 23.7 Å². The maximum absolute atomic E-state index is 11.5. The minimum atomic E-state index is -0.556. The summed E-state index contributed by atoms with van der Waals surface area (Å²) in [6.45, 7) is 5.55. The number of halogens is 1. The third-order valence-corrected chi connectivity index (χ3v) is 2.34. The molecule has 0 heterocycles. The van der Waals surface area contributed by atoms with Crippen molar-refractivity contribution in [3.63, 3.8) is 0 Å². The minimum Gasteiger partial charge on any atom is -0.447 e. The number of anilines is 1. The molecular formula is C12H17ClN2O2. The number of ether oxygens (including phenoxy) is 1. The standard InChI is InChI=1S/C12H17ClN2O2/c1-8-5-4-6-9(13)10(8)15-11(16)17-7-12(2,3)14/h4-6H,7,14H2,1-3H3,(H,15,16). The molecule has 4 nitrogen and oxygen atoms in total. The minimum absolute atomic E-state index is 0.141. The lowest BCUT2D eigenvalue weighted by atomic mass is 10.1. The van der Waals surface area contributed by atoms with Crippen LogP contribution in [-0.4, -0.2) is 18.2 Å². The van der Waals surface area contributed by atoms with Crippen molar-refractivity contribution < 1.29 is 9.53 Å². The van der Waals surface area contributed by atoms with Crippen LogP contribution < -0.4 is 11.1 Å². The Morgan fingerprint density at radius 1 is 1.53 bits per heavy atom. The summed E-state index contributed by atoms with van der Waals surface area (Å²) in [5.41, 5.74) is 6.60. The summed E-state index contributed by atoms with van der Waals surface area (Å²) in [6.07, 6.45) is -0.556. The molecule has 1 amide bonds. The molecule has 0 aliphatic carbocycles. The Hall–Kier alpha value is -1.26. The summed E-state index contributed by atoms with van der Waals surface area (Å²) in [4.78, 5) is 11.5. The summed E-state index contributed by atoms with van der Waals surface area (Å²) in [6, 6.07) is 5.38. The predicted octanol–water partition coefficient (Wildman–Crippen LogP) is 2.93. The molecule has 0 spiro atoms. The van der Waals surface area contributed by atoms with Crippen molar-refractivity contribution in [3.8, 4) is 0 Å². The van der Waals surface area contributed by atoms with Crippen molar-refractivity contribution in [3.05, 3.63) is 28.8 Å². The molecule has 1 aromatic carbocycles. The number of nitrogens with two attached hydrogens (primary N) is 1. The van der Waals surface area contributed by atoms with Crippen LogP contribution in [0, 0.1) is 6.92 Å². The van der Waals surface area contributed by atoms with E-state index in [1.807, 2.05) is 19.1 Å². The highest BCUT2D eigenvalue weighted by Gasteiger charge is 2.15. The number of hydrogen-bond donors (Lipinski definition) is 2. The number of amides is 1. The van der Waals surface area contributed by atoms with Crippen LogP contribution in [0.3, 0.4) is 0 Å². The molecule has 5 heteroatoms. The average molecular weight is 257 g/mol. The van der Waals surface area contributed by atoms with E-state index in [2.05, 4.69) is 5.32 Å². The van der Waals surface area contributed by atoms with Gasteiger partial charge in [0.1, 0.15) is 6.61 Å². The predicted molar refractivity (Wildman–Crippen MR) is 69.4 cm³/mol. The van der Waals surface area contributed by atoms with E-state index < -0.39 is 11.6 Å². The van der Waals surface area contributed by atoms with Gasteiger partial charge in [0.15, 0.2) is 0 Å². The maximum atomic E-state index is 11.5. The Morgan fingerprint density at radius 2 is 2.18 bits per heavy atom. The van der Waals surface area contributed by atoms with Crippen LogP contribution in [0.15, 0.2) is 18.2 Å². The van der Waals surface area contributed by atoms with Crippen LogP contribution in [0.4, 0.5) is 10.5 Å². The number of rotatable bonds is 3. The van der Waals surface area contributed by atoms with Crippen molar-refractivity contribution in [2.24, 2.45) is 5.73 Å². The Labute approximate surface area is 106 Å². The molecule has 0 aromatic heterocycles. The van der Waals surface area contributed by atoms with E-state index in [1.165, 1.54) is 0 Å². The Balaban J connectivity index is 2.63. The first-order valence-electron chi connectivity index (χ1n) is 5.27. The second kappa shape index (κ2) is 5.38. The second-order valence-corrected chi connectivity index (χ2v) is 5.03. The second-order valence-electron chi connectivity index (χ2n) is 4.62. The molecule has 0 unspecified atom stereocenters. The van der Waals surface area contributed by atoms with Gasteiger partial charge in [0.2, 0.25) is 0 Å². The third kappa shape index (κ3) is 4.63. The number of para-hydroxylation sites is 1. The highest BCUT2D eigenvalue weighted by Crippen LogP contribution is 2.25. The lowest BCUT2D eigenvalue weighted by Gasteiger charge is -2.18. The molecule has 1 aromatic rings. The topological polar surface area (TPSA) is 64.3 Å². The summed E-state index contributed by atoms with van der Waals surface area (Å²) < 4.78 is 4.99. The Kier molecular flexibility index (Phi) is 4.37. The summed E-state index contributed by atoms with van der Waals surface area (Å²) in [5.74, 6) is 0. The van der Waals surface area contributed by atoms with Crippen LogP contribution in [0.1, 0.15) is 19.4 Å². The molecule has 0 radical (unpaired) electrons. The van der Waals surface area contributed by atoms with Crippen LogP contribution in [0.2, 0.25) is 5.02 Å². The van der Waals surface area contributed by atoms with Gasteiger partial charge in [-0.25, -0.2) is 4.79 Å². The molecule has 1 rings (SSSR count). The SMILES string of the molecule is Cc1cccc(Cl)c1NC(=O)OCC(C)(C)N. The van der Waals surface area contributed by atoms with Gasteiger partial charge in [0.25, 0.3) is 0 Å². The summed E-state index contributed by atoms with van der Waals surface area (Å²) >= 11 is 5.97. The van der Waals surface area contributed by atoms with Gasteiger partial charge < -0.3 is 10.5 Å². The molecule has 3 N–H and O–H groups in total. The van der Waals surface area contributed by atoms with Crippen molar-refractivity contribution in [1.29, 1.82) is 0 Å². The molecule has 0 aliphatic heterocycles. The number of nitrogens with one attached hydrogen (secondary N) is 1. The zero-order valence-electron chi connectivity index (χ0n) is 10.2. The first kappa shape index (κ1) is 13.8. The van der Waals surface area contributed by atoms with E-state index >= 15 is 0 Å². The number of hydrogen-bond acceptors (Lipinski definition) is 3. The third-order valence-electron chi connectivity index (χ3n) is 2.02. The molecule has 94 valence electrons. The molecule has 0 atom stereocenters. The van der Waals surface area contributed by atoms with E-state index in [-0.39, 0.29) is 6.61 Å². The van der Waals surface area contributed by atoms with E-state index in [0.717, 1.165) is 5.56 Å². The zero-order chi connectivity index (χ0) is 13.1. The fourth-order valence-corrected chi connectivity index (χ4v) is 1.45. The van der Waals surface area contributed by atoms with Gasteiger partial charge in [-0.3, -0.25) is 5.32 Å². The quantitative estimate of drug-likeness (QED) is 0.874. The summed E-state index contributed by atoms with van der Waals surface area (Å²) in [5, 5.41) is 3.08. The number of carbonyl (C=O) groups is 1. The monoisotopic (exact) mass is 256 g/mol. The van der Waals surface area contributed by atoms with Crippen molar-refractivity contribution in [1.82, 2.24) is 0 Å².